The minimum Gasteiger partial charge on any atom is -0.363 e. The van der Waals surface area contributed by atoms with Gasteiger partial charge in [-0.1, -0.05) is 0 Å². The Hall–Kier alpha value is -0.650. The first-order chi connectivity index (χ1) is 6.53. The van der Waals surface area contributed by atoms with E-state index in [1.807, 2.05) is 13.8 Å². The van der Waals surface area contributed by atoms with Crippen LogP contribution in [0.25, 0.3) is 0 Å². The zero-order chi connectivity index (χ0) is 10.3. The Morgan fingerprint density at radius 1 is 1.43 bits per heavy atom. The molecule has 80 valence electrons. The van der Waals surface area contributed by atoms with Gasteiger partial charge < -0.3 is 19.5 Å². The maximum Gasteiger partial charge on any atom is 0.251 e. The number of amides is 1. The molecule has 1 amide bonds. The van der Waals surface area contributed by atoms with Gasteiger partial charge >= 0.3 is 0 Å². The third-order valence-corrected chi connectivity index (χ3v) is 2.46. The summed E-state index contributed by atoms with van der Waals surface area (Å²) in [5, 5.41) is 2.55. The molecule has 0 saturated carbocycles. The standard InChI is InChI=1S/C9H15NO4/c1-9(2)13-5-4-12-7(6(5)14-9)8(11)10-3/h5-7H,4H2,1-3H3,(H,10,11)/t5-,6-,7-/m0/s1. The lowest BCUT2D eigenvalue weighted by atomic mass is 10.1. The second kappa shape index (κ2) is 3.18. The smallest absolute Gasteiger partial charge is 0.251 e. The molecule has 0 aromatic heterocycles. The Balaban J connectivity index is 2.08. The summed E-state index contributed by atoms with van der Waals surface area (Å²) in [5.74, 6) is -0.760. The maximum atomic E-state index is 11.4. The van der Waals surface area contributed by atoms with Gasteiger partial charge in [0.2, 0.25) is 0 Å². The van der Waals surface area contributed by atoms with Crippen LogP contribution in [0.4, 0.5) is 0 Å². The number of ether oxygens (including phenoxy) is 3. The number of nitrogens with one attached hydrogen (secondary N) is 1. The van der Waals surface area contributed by atoms with E-state index in [0.29, 0.717) is 6.61 Å². The van der Waals surface area contributed by atoms with Crippen molar-refractivity contribution in [3.8, 4) is 0 Å². The van der Waals surface area contributed by atoms with Crippen LogP contribution in [0, 0.1) is 0 Å². The van der Waals surface area contributed by atoms with Crippen LogP contribution in [0.3, 0.4) is 0 Å². The Labute approximate surface area is 82.7 Å². The first-order valence-electron chi connectivity index (χ1n) is 4.72. The minimum atomic E-state index is -0.606. The quantitative estimate of drug-likeness (QED) is 0.630. The first kappa shape index (κ1) is 9.89. The minimum absolute atomic E-state index is 0.118. The van der Waals surface area contributed by atoms with Crippen LogP contribution in [0.5, 0.6) is 0 Å². The summed E-state index contributed by atoms with van der Waals surface area (Å²) in [5.41, 5.74) is 0. The highest BCUT2D eigenvalue weighted by Gasteiger charge is 2.52. The number of hydrogen-bond acceptors (Lipinski definition) is 4. The van der Waals surface area contributed by atoms with Gasteiger partial charge in [0.25, 0.3) is 5.91 Å². The fourth-order valence-electron chi connectivity index (χ4n) is 1.91. The van der Waals surface area contributed by atoms with Crippen molar-refractivity contribution in [1.82, 2.24) is 5.32 Å². The molecule has 0 bridgehead atoms. The van der Waals surface area contributed by atoms with Crippen LogP contribution in [0.15, 0.2) is 0 Å². The lowest BCUT2D eigenvalue weighted by Crippen LogP contribution is -2.41. The zero-order valence-electron chi connectivity index (χ0n) is 8.57. The van der Waals surface area contributed by atoms with Gasteiger partial charge in [-0.3, -0.25) is 4.79 Å². The molecule has 2 aliphatic rings. The molecule has 5 nitrogen and oxygen atoms in total. The topological polar surface area (TPSA) is 56.8 Å². The molecule has 1 N–H and O–H groups in total. The Bertz CT molecular complexity index is 253. The predicted octanol–water partition coefficient (Wildman–Crippen LogP) is -0.349. The van der Waals surface area contributed by atoms with Crippen molar-refractivity contribution in [1.29, 1.82) is 0 Å². The second-order valence-corrected chi connectivity index (χ2v) is 4.01. The lowest BCUT2D eigenvalue weighted by Gasteiger charge is -2.20. The monoisotopic (exact) mass is 201 g/mol. The molecule has 0 unspecified atom stereocenters. The normalized spacial score (nSPS) is 39.5. The van der Waals surface area contributed by atoms with Gasteiger partial charge in [0, 0.05) is 7.05 Å². The molecule has 14 heavy (non-hydrogen) atoms. The average Bonchev–Trinajstić information content (AvgIpc) is 2.58. The van der Waals surface area contributed by atoms with Gasteiger partial charge in [-0.05, 0) is 13.8 Å². The van der Waals surface area contributed by atoms with E-state index >= 15 is 0 Å². The van der Waals surface area contributed by atoms with Crippen molar-refractivity contribution in [3.63, 3.8) is 0 Å². The Kier molecular flexibility index (Phi) is 2.25. The van der Waals surface area contributed by atoms with E-state index in [2.05, 4.69) is 5.32 Å². The number of hydrogen-bond donors (Lipinski definition) is 1. The van der Waals surface area contributed by atoms with Crippen LogP contribution in [0.1, 0.15) is 13.8 Å². The average molecular weight is 201 g/mol. The maximum absolute atomic E-state index is 11.4. The van der Waals surface area contributed by atoms with Crippen LogP contribution in [-0.4, -0.2) is 43.7 Å². The Morgan fingerprint density at radius 3 is 2.79 bits per heavy atom. The molecular formula is C9H15NO4. The van der Waals surface area contributed by atoms with Crippen molar-refractivity contribution < 1.29 is 19.0 Å². The van der Waals surface area contributed by atoms with Crippen LogP contribution < -0.4 is 5.32 Å². The van der Waals surface area contributed by atoms with Crippen molar-refractivity contribution >= 4 is 5.91 Å². The summed E-state index contributed by atoms with van der Waals surface area (Å²) >= 11 is 0. The van der Waals surface area contributed by atoms with E-state index in [1.54, 1.807) is 7.05 Å². The molecule has 0 aromatic rings. The van der Waals surface area contributed by atoms with Crippen LogP contribution >= 0.6 is 0 Å². The first-order valence-corrected chi connectivity index (χ1v) is 4.72. The number of carbonyl (C=O) groups is 1. The lowest BCUT2D eigenvalue weighted by molar-refractivity contribution is -0.178. The predicted molar refractivity (Wildman–Crippen MR) is 47.6 cm³/mol. The number of rotatable bonds is 1. The molecule has 2 saturated heterocycles. The molecule has 0 radical (unpaired) electrons. The third kappa shape index (κ3) is 1.51. The molecule has 0 spiro atoms. The van der Waals surface area contributed by atoms with Crippen LogP contribution in [0.2, 0.25) is 0 Å². The van der Waals surface area contributed by atoms with E-state index in [-0.39, 0.29) is 18.1 Å². The van der Waals surface area contributed by atoms with E-state index < -0.39 is 11.9 Å². The number of fused-ring (bicyclic) bond motifs is 1. The van der Waals surface area contributed by atoms with E-state index in [0.717, 1.165) is 0 Å². The highest BCUT2D eigenvalue weighted by molar-refractivity contribution is 5.81. The highest BCUT2D eigenvalue weighted by Crippen LogP contribution is 2.35. The fraction of sp³-hybridized carbons (Fsp3) is 0.889. The summed E-state index contributed by atoms with van der Waals surface area (Å²) in [6.45, 7) is 4.10. The van der Waals surface area contributed by atoms with Crippen molar-refractivity contribution in [2.45, 2.75) is 37.9 Å². The molecule has 2 fully saturated rings. The molecule has 2 rings (SSSR count). The van der Waals surface area contributed by atoms with Crippen molar-refractivity contribution in [3.05, 3.63) is 0 Å². The van der Waals surface area contributed by atoms with Crippen molar-refractivity contribution in [2.75, 3.05) is 13.7 Å². The molecule has 3 atom stereocenters. The van der Waals surface area contributed by atoms with E-state index in [9.17, 15) is 4.79 Å². The molecule has 2 aliphatic heterocycles. The van der Waals surface area contributed by atoms with E-state index in [4.69, 9.17) is 14.2 Å². The number of carbonyl (C=O) groups excluding carboxylic acids is 1. The molecular weight excluding hydrogens is 186 g/mol. The summed E-state index contributed by atoms with van der Waals surface area (Å²) in [7, 11) is 1.58. The summed E-state index contributed by atoms with van der Waals surface area (Å²) in [4.78, 5) is 11.4. The van der Waals surface area contributed by atoms with Gasteiger partial charge in [-0.2, -0.15) is 0 Å². The molecule has 5 heteroatoms. The van der Waals surface area contributed by atoms with E-state index in [1.165, 1.54) is 0 Å². The fourth-order valence-corrected chi connectivity index (χ4v) is 1.91. The molecule has 0 aliphatic carbocycles. The zero-order valence-corrected chi connectivity index (χ0v) is 8.57. The summed E-state index contributed by atoms with van der Waals surface area (Å²) < 4.78 is 16.5. The van der Waals surface area contributed by atoms with Gasteiger partial charge in [-0.15, -0.1) is 0 Å². The second-order valence-electron chi connectivity index (χ2n) is 4.01. The molecule has 0 aromatic carbocycles. The van der Waals surface area contributed by atoms with Gasteiger partial charge in [0.05, 0.1) is 6.61 Å². The number of likely N-dealkylation sites (N-methyl/N-ethyl adjacent to an activating group) is 1. The Morgan fingerprint density at radius 2 is 2.14 bits per heavy atom. The van der Waals surface area contributed by atoms with Gasteiger partial charge in [0.15, 0.2) is 11.9 Å². The van der Waals surface area contributed by atoms with Crippen molar-refractivity contribution in [2.24, 2.45) is 0 Å². The largest absolute Gasteiger partial charge is 0.363 e. The molecule has 2 heterocycles. The van der Waals surface area contributed by atoms with Crippen LogP contribution in [-0.2, 0) is 19.0 Å². The highest BCUT2D eigenvalue weighted by atomic mass is 16.8. The van der Waals surface area contributed by atoms with Gasteiger partial charge in [-0.25, -0.2) is 0 Å². The SMILES string of the molecule is CNC(=O)[C@H]1OC[C@@H]2OC(C)(C)O[C@@H]21. The van der Waals surface area contributed by atoms with Gasteiger partial charge in [0.1, 0.15) is 12.2 Å². The summed E-state index contributed by atoms with van der Waals surface area (Å²) in [6, 6.07) is 0. The third-order valence-electron chi connectivity index (χ3n) is 2.46. The summed E-state index contributed by atoms with van der Waals surface area (Å²) in [6.07, 6.45) is -0.927.